The summed E-state index contributed by atoms with van der Waals surface area (Å²) in [6.45, 7) is 1.06. The molecule has 7 nitrogen and oxygen atoms in total. The molecule has 2 amide bonds. The van der Waals surface area contributed by atoms with Crippen molar-refractivity contribution in [2.24, 2.45) is 7.05 Å². The number of hydrogen-bond donors (Lipinski definition) is 1. The van der Waals surface area contributed by atoms with Crippen LogP contribution in [0.4, 0.5) is 0 Å². The molecule has 120 valence electrons. The van der Waals surface area contributed by atoms with Gasteiger partial charge < -0.3 is 15.0 Å². The van der Waals surface area contributed by atoms with E-state index in [2.05, 4.69) is 10.4 Å². The molecule has 1 fully saturated rings. The Balaban J connectivity index is 1.88. The molecule has 0 bridgehead atoms. The molecule has 0 radical (unpaired) electrons. The molecule has 1 aliphatic heterocycles. The van der Waals surface area contributed by atoms with Crippen molar-refractivity contribution in [2.45, 2.75) is 0 Å². The highest BCUT2D eigenvalue weighted by Crippen LogP contribution is 2.23. The first-order valence-electron chi connectivity index (χ1n) is 7.33. The third-order valence-electron chi connectivity index (χ3n) is 3.79. The van der Waals surface area contributed by atoms with E-state index in [-0.39, 0.29) is 18.4 Å². The molecule has 7 heteroatoms. The Labute approximate surface area is 133 Å². The Kier molecular flexibility index (Phi) is 4.01. The van der Waals surface area contributed by atoms with Gasteiger partial charge in [0.2, 0.25) is 5.91 Å². The first-order chi connectivity index (χ1) is 11.1. The van der Waals surface area contributed by atoms with Gasteiger partial charge in [0.15, 0.2) is 0 Å². The summed E-state index contributed by atoms with van der Waals surface area (Å²) in [4.78, 5) is 25.6. The Hall–Kier alpha value is -2.83. The van der Waals surface area contributed by atoms with E-state index >= 15 is 0 Å². The van der Waals surface area contributed by atoms with Crippen molar-refractivity contribution in [2.75, 3.05) is 26.7 Å². The molecular weight excluding hydrogens is 296 g/mol. The van der Waals surface area contributed by atoms with E-state index in [0.29, 0.717) is 24.5 Å². The number of carbonyl (C=O) groups is 2. The first kappa shape index (κ1) is 15.1. The lowest BCUT2D eigenvalue weighted by atomic mass is 10.1. The fourth-order valence-corrected chi connectivity index (χ4v) is 2.56. The van der Waals surface area contributed by atoms with Crippen LogP contribution in [0.1, 0.15) is 10.5 Å². The second-order valence-electron chi connectivity index (χ2n) is 5.35. The molecule has 1 aromatic heterocycles. The summed E-state index contributed by atoms with van der Waals surface area (Å²) in [6.07, 6.45) is 0. The third kappa shape index (κ3) is 3.03. The van der Waals surface area contributed by atoms with Gasteiger partial charge in [0, 0.05) is 25.7 Å². The van der Waals surface area contributed by atoms with Crippen LogP contribution in [-0.2, 0) is 11.8 Å². The SMILES string of the molecule is COc1cccc(-c2cc(C(=O)N3CCNC(=O)C3)n(C)n2)c1. The molecule has 0 aliphatic carbocycles. The van der Waals surface area contributed by atoms with Crippen LogP contribution in [0.3, 0.4) is 0 Å². The zero-order valence-electron chi connectivity index (χ0n) is 13.1. The van der Waals surface area contributed by atoms with Crippen molar-refractivity contribution >= 4 is 11.8 Å². The maximum absolute atomic E-state index is 12.6. The zero-order valence-corrected chi connectivity index (χ0v) is 13.1. The van der Waals surface area contributed by atoms with Gasteiger partial charge in [-0.15, -0.1) is 0 Å². The van der Waals surface area contributed by atoms with E-state index in [1.165, 1.54) is 4.90 Å². The van der Waals surface area contributed by atoms with Crippen LogP contribution in [0.25, 0.3) is 11.3 Å². The molecule has 1 aliphatic rings. The standard InChI is InChI=1S/C16H18N4O3/c1-19-14(16(22)20-7-6-17-15(21)10-20)9-13(18-19)11-4-3-5-12(8-11)23-2/h3-5,8-9H,6-7,10H2,1-2H3,(H,17,21). The summed E-state index contributed by atoms with van der Waals surface area (Å²) in [5.41, 5.74) is 2.02. The Morgan fingerprint density at radius 2 is 2.17 bits per heavy atom. The van der Waals surface area contributed by atoms with E-state index in [9.17, 15) is 9.59 Å². The van der Waals surface area contributed by atoms with Crippen molar-refractivity contribution in [3.8, 4) is 17.0 Å². The topological polar surface area (TPSA) is 76.5 Å². The van der Waals surface area contributed by atoms with E-state index in [1.807, 2.05) is 24.3 Å². The van der Waals surface area contributed by atoms with E-state index in [1.54, 1.807) is 24.9 Å². The van der Waals surface area contributed by atoms with Gasteiger partial charge in [-0.3, -0.25) is 14.3 Å². The van der Waals surface area contributed by atoms with Crippen LogP contribution in [0.15, 0.2) is 30.3 Å². The third-order valence-corrected chi connectivity index (χ3v) is 3.79. The average molecular weight is 314 g/mol. The van der Waals surface area contributed by atoms with Gasteiger partial charge in [-0.25, -0.2) is 0 Å². The molecule has 2 aromatic rings. The average Bonchev–Trinajstić information content (AvgIpc) is 2.96. The minimum absolute atomic E-state index is 0.0819. The predicted molar refractivity (Wildman–Crippen MR) is 84.1 cm³/mol. The number of piperazine rings is 1. The predicted octanol–water partition coefficient (Wildman–Crippen LogP) is 0.668. The van der Waals surface area contributed by atoms with E-state index in [0.717, 1.165) is 11.3 Å². The molecule has 0 saturated carbocycles. The minimum Gasteiger partial charge on any atom is -0.497 e. The molecule has 0 spiro atoms. The van der Waals surface area contributed by atoms with E-state index < -0.39 is 0 Å². The van der Waals surface area contributed by atoms with Crippen molar-refractivity contribution < 1.29 is 14.3 Å². The summed E-state index contributed by atoms with van der Waals surface area (Å²) in [5.74, 6) is 0.400. The maximum Gasteiger partial charge on any atom is 0.272 e. The number of aromatic nitrogens is 2. The smallest absolute Gasteiger partial charge is 0.272 e. The van der Waals surface area contributed by atoms with Crippen molar-refractivity contribution in [1.29, 1.82) is 0 Å². The normalized spacial score (nSPS) is 14.5. The fraction of sp³-hybridized carbons (Fsp3) is 0.312. The summed E-state index contributed by atoms with van der Waals surface area (Å²) >= 11 is 0. The van der Waals surface area contributed by atoms with Gasteiger partial charge in [-0.05, 0) is 18.2 Å². The highest BCUT2D eigenvalue weighted by Gasteiger charge is 2.25. The van der Waals surface area contributed by atoms with Gasteiger partial charge in [-0.1, -0.05) is 12.1 Å². The van der Waals surface area contributed by atoms with Crippen molar-refractivity contribution in [3.63, 3.8) is 0 Å². The number of carbonyl (C=O) groups excluding carboxylic acids is 2. The largest absolute Gasteiger partial charge is 0.497 e. The van der Waals surface area contributed by atoms with Crippen LogP contribution in [0.2, 0.25) is 0 Å². The van der Waals surface area contributed by atoms with Crippen LogP contribution in [0, 0.1) is 0 Å². The lowest BCUT2D eigenvalue weighted by Gasteiger charge is -2.26. The number of rotatable bonds is 3. The zero-order chi connectivity index (χ0) is 16.4. The molecule has 0 unspecified atom stereocenters. The number of amides is 2. The quantitative estimate of drug-likeness (QED) is 0.903. The molecule has 1 aromatic carbocycles. The van der Waals surface area contributed by atoms with Crippen LogP contribution in [-0.4, -0.2) is 53.2 Å². The lowest BCUT2D eigenvalue weighted by Crippen LogP contribution is -2.50. The first-order valence-corrected chi connectivity index (χ1v) is 7.33. The Morgan fingerprint density at radius 1 is 1.35 bits per heavy atom. The Bertz CT molecular complexity index is 754. The number of aryl methyl sites for hydroxylation is 1. The molecule has 2 heterocycles. The van der Waals surface area contributed by atoms with Crippen molar-refractivity contribution in [3.05, 3.63) is 36.0 Å². The number of benzene rings is 1. The molecule has 0 atom stereocenters. The van der Waals surface area contributed by atoms with Crippen LogP contribution < -0.4 is 10.1 Å². The minimum atomic E-state index is -0.191. The van der Waals surface area contributed by atoms with E-state index in [4.69, 9.17) is 4.74 Å². The second-order valence-corrected chi connectivity index (χ2v) is 5.35. The monoisotopic (exact) mass is 314 g/mol. The van der Waals surface area contributed by atoms with Gasteiger partial charge in [-0.2, -0.15) is 5.10 Å². The van der Waals surface area contributed by atoms with Gasteiger partial charge in [0.1, 0.15) is 11.4 Å². The molecule has 1 N–H and O–H groups in total. The number of ether oxygens (including phenoxy) is 1. The summed E-state index contributed by atoms with van der Waals surface area (Å²) < 4.78 is 6.76. The molecule has 3 rings (SSSR count). The summed E-state index contributed by atoms with van der Waals surface area (Å²) in [6, 6.07) is 9.24. The number of hydrogen-bond acceptors (Lipinski definition) is 4. The molecule has 23 heavy (non-hydrogen) atoms. The van der Waals surface area contributed by atoms with Crippen LogP contribution >= 0.6 is 0 Å². The lowest BCUT2D eigenvalue weighted by molar-refractivity contribution is -0.123. The number of nitrogens with one attached hydrogen (secondary N) is 1. The summed E-state index contributed by atoms with van der Waals surface area (Å²) in [5, 5.41) is 7.11. The molecule has 1 saturated heterocycles. The summed E-state index contributed by atoms with van der Waals surface area (Å²) in [7, 11) is 3.33. The van der Waals surface area contributed by atoms with Gasteiger partial charge in [0.25, 0.3) is 5.91 Å². The van der Waals surface area contributed by atoms with Crippen molar-refractivity contribution in [1.82, 2.24) is 20.0 Å². The maximum atomic E-state index is 12.6. The van der Waals surface area contributed by atoms with Crippen LogP contribution in [0.5, 0.6) is 5.75 Å². The highest BCUT2D eigenvalue weighted by molar-refractivity contribution is 5.96. The van der Waals surface area contributed by atoms with Gasteiger partial charge in [0.05, 0.1) is 19.3 Å². The highest BCUT2D eigenvalue weighted by atomic mass is 16.5. The molecular formula is C16H18N4O3. The number of nitrogens with zero attached hydrogens (tertiary/aromatic N) is 3. The second kappa shape index (κ2) is 6.12. The Morgan fingerprint density at radius 3 is 2.91 bits per heavy atom. The number of methoxy groups -OCH3 is 1. The van der Waals surface area contributed by atoms with Gasteiger partial charge >= 0.3 is 0 Å². The fourth-order valence-electron chi connectivity index (χ4n) is 2.56.